The van der Waals surface area contributed by atoms with E-state index in [2.05, 4.69) is 20.6 Å². The first-order valence-corrected chi connectivity index (χ1v) is 11.3. The number of aromatic nitrogens is 5. The molecule has 0 bridgehead atoms. The van der Waals surface area contributed by atoms with Crippen molar-refractivity contribution >= 4 is 17.7 Å². The van der Waals surface area contributed by atoms with Crippen LogP contribution in [0.4, 0.5) is 0 Å². The number of nitrogens with one attached hydrogen (secondary N) is 1. The Hall–Kier alpha value is -4.60. The third kappa shape index (κ3) is 3.78. The lowest BCUT2D eigenvalue weighted by Gasteiger charge is -2.29. The minimum Gasteiger partial charge on any atom is -0.331 e. The molecule has 2 aromatic heterocycles. The van der Waals surface area contributed by atoms with Gasteiger partial charge >= 0.3 is 0 Å². The molecule has 2 aliphatic rings. The molecule has 1 N–H and O–H groups in total. The third-order valence-corrected chi connectivity index (χ3v) is 6.39. The van der Waals surface area contributed by atoms with Crippen LogP contribution in [0.25, 0.3) is 16.9 Å². The summed E-state index contributed by atoms with van der Waals surface area (Å²) >= 11 is 0. The number of rotatable bonds is 5. The SMILES string of the molecule is O=C1CCC(N2Cc3c(cccc3-n3cc(Cn4cnc(-c5ccccc5)c4)nn3)C2=O)C(=O)N1. The first kappa shape index (κ1) is 21.0. The molecule has 174 valence electrons. The van der Waals surface area contributed by atoms with Gasteiger partial charge in [-0.05, 0) is 18.6 Å². The highest BCUT2D eigenvalue weighted by Crippen LogP contribution is 2.31. The zero-order valence-corrected chi connectivity index (χ0v) is 18.7. The summed E-state index contributed by atoms with van der Waals surface area (Å²) in [5.74, 6) is -0.953. The molecule has 4 heterocycles. The minimum atomic E-state index is -0.660. The number of benzene rings is 2. The number of imidazole rings is 1. The molecule has 2 aromatic carbocycles. The topological polar surface area (TPSA) is 115 Å². The average molecular weight is 467 g/mol. The smallest absolute Gasteiger partial charge is 0.255 e. The van der Waals surface area contributed by atoms with Crippen LogP contribution in [-0.4, -0.2) is 53.2 Å². The van der Waals surface area contributed by atoms with E-state index < -0.39 is 11.9 Å². The molecule has 4 aromatic rings. The number of fused-ring (bicyclic) bond motifs is 1. The Kier molecular flexibility index (Phi) is 4.98. The third-order valence-electron chi connectivity index (χ3n) is 6.39. The molecule has 0 spiro atoms. The monoisotopic (exact) mass is 467 g/mol. The van der Waals surface area contributed by atoms with E-state index in [0.29, 0.717) is 18.5 Å². The fourth-order valence-corrected chi connectivity index (χ4v) is 4.66. The normalized spacial score (nSPS) is 17.5. The lowest BCUT2D eigenvalue weighted by molar-refractivity contribution is -0.136. The Labute approximate surface area is 200 Å². The van der Waals surface area contributed by atoms with Gasteiger partial charge in [0, 0.05) is 35.9 Å². The van der Waals surface area contributed by atoms with Crippen LogP contribution in [0.2, 0.25) is 0 Å². The summed E-state index contributed by atoms with van der Waals surface area (Å²) in [7, 11) is 0. The van der Waals surface area contributed by atoms with Crippen molar-refractivity contribution in [3.63, 3.8) is 0 Å². The Bertz CT molecular complexity index is 1460. The number of nitrogens with zero attached hydrogens (tertiary/aromatic N) is 6. The standard InChI is InChI=1S/C25H21N7O3/c33-23-10-9-22(24(34)27-23)31-13-19-18(25(31)35)7-4-8-21(19)32-12-17(28-29-32)11-30-14-20(26-15-30)16-5-2-1-3-6-16/h1-8,12,14-15,22H,9-11,13H2,(H,27,33,34). The number of carbonyl (C=O) groups is 3. The maximum absolute atomic E-state index is 13.1. The number of hydrogen-bond donors (Lipinski definition) is 1. The summed E-state index contributed by atoms with van der Waals surface area (Å²) in [4.78, 5) is 43.0. The van der Waals surface area contributed by atoms with Crippen LogP contribution in [-0.2, 0) is 22.7 Å². The fourth-order valence-electron chi connectivity index (χ4n) is 4.66. The van der Waals surface area contributed by atoms with Crippen molar-refractivity contribution in [2.45, 2.75) is 32.0 Å². The van der Waals surface area contributed by atoms with E-state index in [9.17, 15) is 14.4 Å². The molecule has 0 saturated carbocycles. The maximum atomic E-state index is 13.1. The van der Waals surface area contributed by atoms with Crippen molar-refractivity contribution in [1.82, 2.24) is 34.8 Å². The van der Waals surface area contributed by atoms with Crippen LogP contribution in [0.1, 0.15) is 34.5 Å². The molecular weight excluding hydrogens is 446 g/mol. The number of amides is 3. The minimum absolute atomic E-state index is 0.218. The van der Waals surface area contributed by atoms with Gasteiger partial charge in [0.25, 0.3) is 5.91 Å². The van der Waals surface area contributed by atoms with Gasteiger partial charge < -0.3 is 9.47 Å². The second-order valence-electron chi connectivity index (χ2n) is 8.65. The number of piperidine rings is 1. The molecule has 1 atom stereocenters. The zero-order valence-electron chi connectivity index (χ0n) is 18.7. The van der Waals surface area contributed by atoms with Crippen molar-refractivity contribution in [2.75, 3.05) is 0 Å². The highest BCUT2D eigenvalue weighted by atomic mass is 16.2. The van der Waals surface area contributed by atoms with E-state index in [1.54, 1.807) is 23.1 Å². The molecule has 35 heavy (non-hydrogen) atoms. The summed E-state index contributed by atoms with van der Waals surface area (Å²) in [6.45, 7) is 0.768. The second kappa shape index (κ2) is 8.32. The molecule has 3 amide bonds. The Morgan fingerprint density at radius 3 is 2.69 bits per heavy atom. The molecule has 10 heteroatoms. The van der Waals surface area contributed by atoms with E-state index in [0.717, 1.165) is 28.2 Å². The summed E-state index contributed by atoms with van der Waals surface area (Å²) < 4.78 is 3.60. The Morgan fingerprint density at radius 1 is 1.00 bits per heavy atom. The van der Waals surface area contributed by atoms with Crippen LogP contribution in [0.3, 0.4) is 0 Å². The van der Waals surface area contributed by atoms with Crippen LogP contribution in [0.5, 0.6) is 0 Å². The average Bonchev–Trinajstić information content (AvgIpc) is 3.60. The highest BCUT2D eigenvalue weighted by Gasteiger charge is 2.40. The van der Waals surface area contributed by atoms with Crippen molar-refractivity contribution in [3.05, 3.63) is 84.1 Å². The van der Waals surface area contributed by atoms with Crippen molar-refractivity contribution in [3.8, 4) is 16.9 Å². The van der Waals surface area contributed by atoms with Crippen LogP contribution in [0.15, 0.2) is 67.3 Å². The van der Waals surface area contributed by atoms with E-state index >= 15 is 0 Å². The Morgan fingerprint density at radius 2 is 1.86 bits per heavy atom. The van der Waals surface area contributed by atoms with Gasteiger partial charge in [-0.2, -0.15) is 0 Å². The molecule has 1 saturated heterocycles. The predicted octanol–water partition coefficient (Wildman–Crippen LogP) is 1.94. The van der Waals surface area contributed by atoms with Gasteiger partial charge in [0.2, 0.25) is 11.8 Å². The molecule has 0 aliphatic carbocycles. The molecule has 0 radical (unpaired) electrons. The molecular formula is C25H21N7O3. The quantitative estimate of drug-likeness (QED) is 0.449. The molecule has 2 aliphatic heterocycles. The van der Waals surface area contributed by atoms with Crippen LogP contribution >= 0.6 is 0 Å². The van der Waals surface area contributed by atoms with Crippen molar-refractivity contribution in [1.29, 1.82) is 0 Å². The summed E-state index contributed by atoms with van der Waals surface area (Å²) in [5, 5.41) is 10.9. The number of hydrogen-bond acceptors (Lipinski definition) is 6. The first-order chi connectivity index (χ1) is 17.1. The van der Waals surface area contributed by atoms with Gasteiger partial charge in [0.05, 0.1) is 30.5 Å². The lowest BCUT2D eigenvalue weighted by Crippen LogP contribution is -2.52. The van der Waals surface area contributed by atoms with E-state index in [4.69, 9.17) is 0 Å². The summed E-state index contributed by atoms with van der Waals surface area (Å²) in [5.41, 5.74) is 4.72. The van der Waals surface area contributed by atoms with Crippen molar-refractivity contribution in [2.24, 2.45) is 0 Å². The molecule has 1 fully saturated rings. The van der Waals surface area contributed by atoms with Gasteiger partial charge in [0.1, 0.15) is 11.7 Å². The van der Waals surface area contributed by atoms with Gasteiger partial charge in [-0.25, -0.2) is 9.67 Å². The summed E-state index contributed by atoms with van der Waals surface area (Å²) in [6.07, 6.45) is 6.10. The maximum Gasteiger partial charge on any atom is 0.255 e. The predicted molar refractivity (Wildman–Crippen MR) is 124 cm³/mol. The largest absolute Gasteiger partial charge is 0.331 e. The first-order valence-electron chi connectivity index (χ1n) is 11.3. The lowest BCUT2D eigenvalue weighted by atomic mass is 10.0. The number of carbonyl (C=O) groups excluding carboxylic acids is 3. The van der Waals surface area contributed by atoms with Gasteiger partial charge in [-0.15, -0.1) is 5.10 Å². The fraction of sp³-hybridized carbons (Fsp3) is 0.200. The van der Waals surface area contributed by atoms with Crippen LogP contribution < -0.4 is 5.32 Å². The van der Waals surface area contributed by atoms with E-state index in [1.165, 1.54) is 4.90 Å². The second-order valence-corrected chi connectivity index (χ2v) is 8.65. The molecule has 10 nitrogen and oxygen atoms in total. The van der Waals surface area contributed by atoms with Gasteiger partial charge in [0.15, 0.2) is 0 Å². The van der Waals surface area contributed by atoms with E-state index in [-0.39, 0.29) is 24.8 Å². The van der Waals surface area contributed by atoms with Crippen LogP contribution in [0, 0.1) is 0 Å². The molecule has 6 rings (SSSR count). The zero-order chi connectivity index (χ0) is 23.9. The highest BCUT2D eigenvalue weighted by molar-refractivity contribution is 6.05. The van der Waals surface area contributed by atoms with E-state index in [1.807, 2.05) is 53.4 Å². The molecule has 1 unspecified atom stereocenters. The van der Waals surface area contributed by atoms with Crippen molar-refractivity contribution < 1.29 is 14.4 Å². The van der Waals surface area contributed by atoms with Gasteiger partial charge in [-0.3, -0.25) is 19.7 Å². The number of imide groups is 1. The van der Waals surface area contributed by atoms with Gasteiger partial charge in [-0.1, -0.05) is 41.6 Å². The summed E-state index contributed by atoms with van der Waals surface area (Å²) in [6, 6.07) is 14.7. The Balaban J connectivity index is 1.23.